The van der Waals surface area contributed by atoms with Crippen LogP contribution in [0.25, 0.3) is 0 Å². The Labute approximate surface area is 201 Å². The number of piperazine rings is 1. The quantitative estimate of drug-likeness (QED) is 0.330. The van der Waals surface area contributed by atoms with Gasteiger partial charge in [-0.25, -0.2) is 30.3 Å². The van der Waals surface area contributed by atoms with E-state index in [9.17, 15) is 31.2 Å². The average Bonchev–Trinajstić information content (AvgIpc) is 2.83. The molecule has 2 aliphatic rings. The minimum atomic E-state index is -3.86. The van der Waals surface area contributed by atoms with Gasteiger partial charge in [-0.3, -0.25) is 0 Å². The normalized spacial score (nSPS) is 22.9. The first-order valence-corrected chi connectivity index (χ1v) is 14.7. The molecular weight excluding hydrogens is 487 g/mol. The molecule has 1 N–H and O–H groups in total. The standard InChI is InChI=1S/C21H33FN4O6S2/c1-2-14-33(29,30)25-9-3-4-18(15-25)21(26(28)17-27)16-34(31,32)24-12-10-23(11-13-24)20-7-5-19(22)6-8-20/h5-8,17-18,21,26H,2-4,9-16H2,1H3. The van der Waals surface area contributed by atoms with E-state index in [1.165, 1.54) is 20.7 Å². The van der Waals surface area contributed by atoms with Crippen LogP contribution in [0.5, 0.6) is 0 Å². The minimum absolute atomic E-state index is 0.0113. The third kappa shape index (κ3) is 6.52. The number of quaternary nitrogens is 1. The fourth-order valence-electron chi connectivity index (χ4n) is 4.69. The molecular formula is C21H33FN4O6S2. The highest BCUT2D eigenvalue weighted by Gasteiger charge is 2.40. The van der Waals surface area contributed by atoms with Crippen molar-refractivity contribution in [2.45, 2.75) is 32.2 Å². The van der Waals surface area contributed by atoms with Crippen molar-refractivity contribution in [1.82, 2.24) is 8.61 Å². The molecule has 0 bridgehead atoms. The molecule has 0 saturated carbocycles. The van der Waals surface area contributed by atoms with Gasteiger partial charge in [-0.1, -0.05) is 6.92 Å². The first-order valence-electron chi connectivity index (χ1n) is 11.5. The summed E-state index contributed by atoms with van der Waals surface area (Å²) >= 11 is 0. The molecule has 192 valence electrons. The number of hydrogen-bond acceptors (Lipinski definition) is 7. The van der Waals surface area contributed by atoms with Crippen molar-refractivity contribution >= 4 is 32.1 Å². The maximum atomic E-state index is 13.2. The SMILES string of the molecule is CCCS(=O)(=O)N1CCCC(C(CS(=O)(=O)N2CCN(c3ccc(F)cc3)CC2)[NH+]([O-])C=O)C1. The van der Waals surface area contributed by atoms with Crippen molar-refractivity contribution in [1.29, 1.82) is 0 Å². The van der Waals surface area contributed by atoms with Gasteiger partial charge in [-0.05, 0) is 43.5 Å². The van der Waals surface area contributed by atoms with E-state index in [-0.39, 0.29) is 37.6 Å². The number of carbonyl (C=O) groups excluding carboxylic acids is 1. The molecule has 34 heavy (non-hydrogen) atoms. The summed E-state index contributed by atoms with van der Waals surface area (Å²) < 4.78 is 67.2. The zero-order valence-corrected chi connectivity index (χ0v) is 20.9. The van der Waals surface area contributed by atoms with E-state index in [2.05, 4.69) is 0 Å². The van der Waals surface area contributed by atoms with Crippen LogP contribution in [-0.4, -0.2) is 88.7 Å². The van der Waals surface area contributed by atoms with E-state index in [0.717, 1.165) is 5.69 Å². The van der Waals surface area contributed by atoms with Crippen LogP contribution >= 0.6 is 0 Å². The van der Waals surface area contributed by atoms with Gasteiger partial charge >= 0.3 is 0 Å². The number of carbonyl (C=O) groups is 1. The summed E-state index contributed by atoms with van der Waals surface area (Å²) in [6, 6.07) is 4.89. The molecule has 1 aromatic carbocycles. The first kappa shape index (κ1) is 27.0. The lowest BCUT2D eigenvalue weighted by molar-refractivity contribution is -0.787. The Hall–Kier alpha value is -1.64. The van der Waals surface area contributed by atoms with E-state index in [0.29, 0.717) is 38.9 Å². The number of rotatable bonds is 10. The van der Waals surface area contributed by atoms with Gasteiger partial charge in [0.2, 0.25) is 20.0 Å². The maximum absolute atomic E-state index is 13.2. The highest BCUT2D eigenvalue weighted by Crippen LogP contribution is 2.24. The Kier molecular flexibility index (Phi) is 9.04. The van der Waals surface area contributed by atoms with Crippen LogP contribution in [0.1, 0.15) is 26.2 Å². The molecule has 2 fully saturated rings. The summed E-state index contributed by atoms with van der Waals surface area (Å²) in [5.74, 6) is -1.41. The van der Waals surface area contributed by atoms with Crippen LogP contribution in [0.4, 0.5) is 10.1 Å². The summed E-state index contributed by atoms with van der Waals surface area (Å²) in [6.45, 7) is 3.35. The second-order valence-corrected chi connectivity index (χ2v) is 12.9. The monoisotopic (exact) mass is 520 g/mol. The molecule has 10 nitrogen and oxygen atoms in total. The van der Waals surface area contributed by atoms with Crippen LogP contribution in [0, 0.1) is 16.9 Å². The lowest BCUT2D eigenvalue weighted by Gasteiger charge is -2.40. The van der Waals surface area contributed by atoms with Gasteiger partial charge in [-0.2, -0.15) is 4.31 Å². The van der Waals surface area contributed by atoms with Gasteiger partial charge in [0.25, 0.3) is 6.41 Å². The fourth-order valence-corrected chi connectivity index (χ4v) is 8.11. The molecule has 0 aliphatic carbocycles. The Bertz CT molecular complexity index is 1030. The molecule has 0 aromatic heterocycles. The predicted octanol–water partition coefficient (Wildman–Crippen LogP) is -0.363. The first-order chi connectivity index (χ1) is 16.1. The number of amides is 1. The van der Waals surface area contributed by atoms with Crippen LogP contribution in [0.15, 0.2) is 24.3 Å². The van der Waals surface area contributed by atoms with Crippen LogP contribution in [-0.2, 0) is 24.8 Å². The summed E-state index contributed by atoms with van der Waals surface area (Å²) in [5.41, 5.74) is 0.794. The van der Waals surface area contributed by atoms with E-state index in [4.69, 9.17) is 0 Å². The van der Waals surface area contributed by atoms with Gasteiger partial charge in [0.1, 0.15) is 17.6 Å². The van der Waals surface area contributed by atoms with Crippen molar-refractivity contribution in [3.63, 3.8) is 0 Å². The maximum Gasteiger partial charge on any atom is 0.300 e. The van der Waals surface area contributed by atoms with E-state index >= 15 is 0 Å². The molecule has 0 radical (unpaired) electrons. The van der Waals surface area contributed by atoms with Crippen molar-refractivity contribution < 1.29 is 31.1 Å². The predicted molar refractivity (Wildman–Crippen MR) is 127 cm³/mol. The molecule has 1 amide bonds. The van der Waals surface area contributed by atoms with Crippen molar-refractivity contribution in [3.05, 3.63) is 35.3 Å². The molecule has 2 saturated heterocycles. The molecule has 2 aliphatic heterocycles. The largest absolute Gasteiger partial charge is 0.627 e. The number of hydroxylamine groups is 2. The zero-order chi connectivity index (χ0) is 24.9. The number of benzene rings is 1. The summed E-state index contributed by atoms with van der Waals surface area (Å²) in [5, 5.41) is 11.6. The number of nitrogens with one attached hydrogen (secondary N) is 1. The molecule has 13 heteroatoms. The molecule has 3 atom stereocenters. The summed E-state index contributed by atoms with van der Waals surface area (Å²) in [6.07, 6.45) is 1.59. The van der Waals surface area contributed by atoms with Crippen LogP contribution < -0.4 is 9.96 Å². The zero-order valence-electron chi connectivity index (χ0n) is 19.3. The average molecular weight is 521 g/mol. The second-order valence-electron chi connectivity index (χ2n) is 8.84. The second kappa shape index (κ2) is 11.4. The topological polar surface area (TPSA) is 123 Å². The van der Waals surface area contributed by atoms with Gasteiger partial charge in [0.15, 0.2) is 0 Å². The number of sulfonamides is 2. The summed E-state index contributed by atoms with van der Waals surface area (Å²) in [7, 11) is -7.35. The number of halogens is 1. The van der Waals surface area contributed by atoms with Crippen molar-refractivity contribution in [2.75, 3.05) is 55.7 Å². The van der Waals surface area contributed by atoms with Gasteiger partial charge < -0.3 is 15.2 Å². The van der Waals surface area contributed by atoms with Gasteiger partial charge in [0, 0.05) is 50.9 Å². The number of anilines is 1. The fraction of sp³-hybridized carbons (Fsp3) is 0.667. The molecule has 0 spiro atoms. The van der Waals surface area contributed by atoms with Crippen molar-refractivity contribution in [3.8, 4) is 0 Å². The van der Waals surface area contributed by atoms with E-state index in [1.807, 2.05) is 4.90 Å². The molecule has 2 heterocycles. The third-order valence-electron chi connectivity index (χ3n) is 6.54. The highest BCUT2D eigenvalue weighted by atomic mass is 32.2. The third-order valence-corrected chi connectivity index (χ3v) is 10.5. The Morgan fingerprint density at radius 1 is 1.06 bits per heavy atom. The molecule has 1 aromatic rings. The van der Waals surface area contributed by atoms with Gasteiger partial charge in [0.05, 0.1) is 5.75 Å². The van der Waals surface area contributed by atoms with E-state index < -0.39 is 42.8 Å². The van der Waals surface area contributed by atoms with Crippen LogP contribution in [0.2, 0.25) is 0 Å². The Balaban J connectivity index is 1.68. The Morgan fingerprint density at radius 2 is 1.71 bits per heavy atom. The molecule has 3 rings (SSSR count). The molecule has 3 unspecified atom stereocenters. The highest BCUT2D eigenvalue weighted by molar-refractivity contribution is 7.89. The lowest BCUT2D eigenvalue weighted by atomic mass is 9.92. The van der Waals surface area contributed by atoms with Crippen molar-refractivity contribution in [2.24, 2.45) is 5.92 Å². The Morgan fingerprint density at radius 3 is 2.29 bits per heavy atom. The van der Waals surface area contributed by atoms with Crippen LogP contribution in [0.3, 0.4) is 0 Å². The van der Waals surface area contributed by atoms with Gasteiger partial charge in [-0.15, -0.1) is 0 Å². The number of piperidine rings is 1. The minimum Gasteiger partial charge on any atom is -0.627 e. The smallest absolute Gasteiger partial charge is 0.300 e. The summed E-state index contributed by atoms with van der Waals surface area (Å²) in [4.78, 5) is 13.3. The number of hydrogen-bond donors (Lipinski definition) is 1. The lowest BCUT2D eigenvalue weighted by Crippen LogP contribution is -3.12. The number of nitrogens with zero attached hydrogens (tertiary/aromatic N) is 3. The van der Waals surface area contributed by atoms with E-state index in [1.54, 1.807) is 19.1 Å².